The van der Waals surface area contributed by atoms with Crippen molar-refractivity contribution in [1.29, 1.82) is 0 Å². The van der Waals surface area contributed by atoms with Gasteiger partial charge in [-0.25, -0.2) is 0 Å². The Morgan fingerprint density at radius 2 is 1.88 bits per heavy atom. The normalized spacial score (nSPS) is 11.5. The lowest BCUT2D eigenvalue weighted by Gasteiger charge is -2.29. The third-order valence-electron chi connectivity index (χ3n) is 2.64. The smallest absolute Gasteiger partial charge is 0.142 e. The zero-order chi connectivity index (χ0) is 13.2. The monoisotopic (exact) mass is 237 g/mol. The Labute approximate surface area is 104 Å². The van der Waals surface area contributed by atoms with Crippen LogP contribution in [0.15, 0.2) is 12.1 Å². The molecule has 1 aromatic carbocycles. The lowest BCUT2D eigenvalue weighted by atomic mass is 10.1. The molecule has 0 spiro atoms. The van der Waals surface area contributed by atoms with Gasteiger partial charge in [0.05, 0.1) is 18.4 Å². The van der Waals surface area contributed by atoms with E-state index < -0.39 is 5.60 Å². The van der Waals surface area contributed by atoms with Crippen LogP contribution in [0.1, 0.15) is 25.0 Å². The summed E-state index contributed by atoms with van der Waals surface area (Å²) in [5, 5.41) is 9.88. The highest BCUT2D eigenvalue weighted by Gasteiger charge is 2.19. The maximum Gasteiger partial charge on any atom is 0.142 e. The molecule has 3 nitrogen and oxygen atoms in total. The minimum absolute atomic E-state index is 0.563. The summed E-state index contributed by atoms with van der Waals surface area (Å²) in [6.07, 6.45) is 0. The molecule has 1 rings (SSSR count). The van der Waals surface area contributed by atoms with Crippen molar-refractivity contribution < 1.29 is 9.84 Å². The van der Waals surface area contributed by atoms with Crippen LogP contribution in [0.25, 0.3) is 0 Å². The largest absolute Gasteiger partial charge is 0.495 e. The molecule has 1 N–H and O–H groups in total. The molecule has 96 valence electrons. The van der Waals surface area contributed by atoms with Crippen molar-refractivity contribution in [2.24, 2.45) is 0 Å². The van der Waals surface area contributed by atoms with E-state index in [-0.39, 0.29) is 0 Å². The molecule has 0 aliphatic heterocycles. The van der Waals surface area contributed by atoms with Gasteiger partial charge in [-0.15, -0.1) is 0 Å². The molecule has 0 aliphatic rings. The Hall–Kier alpha value is -1.22. The summed E-state index contributed by atoms with van der Waals surface area (Å²) in [6.45, 7) is 8.28. The van der Waals surface area contributed by atoms with Crippen molar-refractivity contribution in [2.75, 3.05) is 25.6 Å². The average Bonchev–Trinajstić information content (AvgIpc) is 2.12. The van der Waals surface area contributed by atoms with Crippen LogP contribution in [-0.4, -0.2) is 31.4 Å². The lowest BCUT2D eigenvalue weighted by Crippen LogP contribution is -2.36. The Kier molecular flexibility index (Phi) is 4.04. The number of nitrogens with zero attached hydrogens (tertiary/aromatic N) is 1. The summed E-state index contributed by atoms with van der Waals surface area (Å²) < 4.78 is 5.42. The number of benzene rings is 1. The quantitative estimate of drug-likeness (QED) is 0.873. The Bertz CT molecular complexity index is 394. The van der Waals surface area contributed by atoms with Crippen LogP contribution < -0.4 is 9.64 Å². The first-order valence-electron chi connectivity index (χ1n) is 5.83. The number of aryl methyl sites for hydroxylation is 2. The number of methoxy groups -OCH3 is 1. The van der Waals surface area contributed by atoms with E-state index in [1.807, 2.05) is 18.0 Å². The van der Waals surface area contributed by atoms with Crippen LogP contribution in [0.3, 0.4) is 0 Å². The molecular formula is C14H23NO2. The molecule has 17 heavy (non-hydrogen) atoms. The van der Waals surface area contributed by atoms with E-state index in [2.05, 4.69) is 19.9 Å². The molecule has 0 amide bonds. The molecule has 0 bridgehead atoms. The third kappa shape index (κ3) is 3.63. The van der Waals surface area contributed by atoms with Gasteiger partial charge in [-0.3, -0.25) is 0 Å². The van der Waals surface area contributed by atoms with Gasteiger partial charge in [-0.05, 0) is 44.9 Å². The number of rotatable bonds is 4. The van der Waals surface area contributed by atoms with Gasteiger partial charge in [0, 0.05) is 13.6 Å². The minimum atomic E-state index is -0.725. The predicted molar refractivity (Wildman–Crippen MR) is 72.0 cm³/mol. The van der Waals surface area contributed by atoms with E-state index in [9.17, 15) is 5.11 Å². The maximum absolute atomic E-state index is 9.88. The van der Waals surface area contributed by atoms with Crippen molar-refractivity contribution in [2.45, 2.75) is 33.3 Å². The minimum Gasteiger partial charge on any atom is -0.495 e. The predicted octanol–water partition coefficient (Wildman–Crippen LogP) is 2.52. The Morgan fingerprint density at radius 1 is 1.29 bits per heavy atom. The second kappa shape index (κ2) is 4.96. The van der Waals surface area contributed by atoms with Crippen LogP contribution >= 0.6 is 0 Å². The second-order valence-corrected chi connectivity index (χ2v) is 5.30. The number of ether oxygens (including phenoxy) is 1. The van der Waals surface area contributed by atoms with E-state index >= 15 is 0 Å². The molecule has 0 atom stereocenters. The number of hydrogen-bond acceptors (Lipinski definition) is 3. The topological polar surface area (TPSA) is 32.7 Å². The van der Waals surface area contributed by atoms with Crippen LogP contribution in [0.2, 0.25) is 0 Å². The average molecular weight is 237 g/mol. The van der Waals surface area contributed by atoms with Gasteiger partial charge < -0.3 is 14.7 Å². The molecule has 1 aromatic rings. The first-order chi connectivity index (χ1) is 7.74. The van der Waals surface area contributed by atoms with Crippen molar-refractivity contribution in [1.82, 2.24) is 0 Å². The molecule has 0 unspecified atom stereocenters. The van der Waals surface area contributed by atoms with Gasteiger partial charge in [-0.1, -0.05) is 6.07 Å². The first kappa shape index (κ1) is 13.8. The fourth-order valence-electron chi connectivity index (χ4n) is 2.23. The van der Waals surface area contributed by atoms with Gasteiger partial charge in [0.2, 0.25) is 0 Å². The zero-order valence-electron chi connectivity index (χ0n) is 11.7. The number of aliphatic hydroxyl groups is 1. The standard InChI is InChI=1S/C14H23NO2/c1-10-7-11(2)13(12(8-10)17-6)15(5)9-14(3,4)16/h7-8,16H,9H2,1-6H3. The fraction of sp³-hybridized carbons (Fsp3) is 0.571. The first-order valence-corrected chi connectivity index (χ1v) is 5.83. The molecule has 0 heterocycles. The van der Waals surface area contributed by atoms with E-state index in [0.717, 1.165) is 17.0 Å². The van der Waals surface area contributed by atoms with E-state index in [1.54, 1.807) is 21.0 Å². The molecule has 0 aliphatic carbocycles. The van der Waals surface area contributed by atoms with Crippen molar-refractivity contribution in [3.63, 3.8) is 0 Å². The van der Waals surface area contributed by atoms with Crippen molar-refractivity contribution in [3.05, 3.63) is 23.3 Å². The van der Waals surface area contributed by atoms with Gasteiger partial charge in [0.1, 0.15) is 5.75 Å². The second-order valence-electron chi connectivity index (χ2n) is 5.30. The maximum atomic E-state index is 9.88. The number of anilines is 1. The van der Waals surface area contributed by atoms with E-state index in [1.165, 1.54) is 5.56 Å². The Balaban J connectivity index is 3.12. The van der Waals surface area contributed by atoms with Gasteiger partial charge in [0.25, 0.3) is 0 Å². The van der Waals surface area contributed by atoms with E-state index in [0.29, 0.717) is 6.54 Å². The van der Waals surface area contributed by atoms with Crippen LogP contribution in [-0.2, 0) is 0 Å². The number of hydrogen-bond donors (Lipinski definition) is 1. The summed E-state index contributed by atoms with van der Waals surface area (Å²) in [7, 11) is 3.65. The highest BCUT2D eigenvalue weighted by atomic mass is 16.5. The molecule has 3 heteroatoms. The van der Waals surface area contributed by atoms with Crippen LogP contribution in [0, 0.1) is 13.8 Å². The molecule has 0 saturated carbocycles. The van der Waals surface area contributed by atoms with E-state index in [4.69, 9.17) is 4.74 Å². The molecule has 0 fully saturated rings. The van der Waals surface area contributed by atoms with Gasteiger partial charge >= 0.3 is 0 Å². The van der Waals surface area contributed by atoms with Gasteiger partial charge in [0.15, 0.2) is 0 Å². The summed E-state index contributed by atoms with van der Waals surface area (Å²) in [6, 6.07) is 4.14. The molecule has 0 saturated heterocycles. The highest BCUT2D eigenvalue weighted by molar-refractivity contribution is 5.64. The van der Waals surface area contributed by atoms with Crippen molar-refractivity contribution >= 4 is 5.69 Å². The highest BCUT2D eigenvalue weighted by Crippen LogP contribution is 2.33. The Morgan fingerprint density at radius 3 is 2.35 bits per heavy atom. The third-order valence-corrected chi connectivity index (χ3v) is 2.64. The van der Waals surface area contributed by atoms with Crippen molar-refractivity contribution in [3.8, 4) is 5.75 Å². The SMILES string of the molecule is COc1cc(C)cc(C)c1N(C)CC(C)(C)O. The summed E-state index contributed by atoms with van der Waals surface area (Å²) in [4.78, 5) is 2.04. The van der Waals surface area contributed by atoms with Crippen LogP contribution in [0.5, 0.6) is 5.75 Å². The van der Waals surface area contributed by atoms with Crippen LogP contribution in [0.4, 0.5) is 5.69 Å². The summed E-state index contributed by atoms with van der Waals surface area (Å²) in [5.41, 5.74) is 2.66. The molecule has 0 radical (unpaired) electrons. The number of likely N-dealkylation sites (N-methyl/N-ethyl adjacent to an activating group) is 1. The lowest BCUT2D eigenvalue weighted by molar-refractivity contribution is 0.0885. The summed E-state index contributed by atoms with van der Waals surface area (Å²) >= 11 is 0. The molecule has 0 aromatic heterocycles. The zero-order valence-corrected chi connectivity index (χ0v) is 11.7. The summed E-state index contributed by atoms with van der Waals surface area (Å²) in [5.74, 6) is 0.856. The van der Waals surface area contributed by atoms with Gasteiger partial charge in [-0.2, -0.15) is 0 Å². The fourth-order valence-corrected chi connectivity index (χ4v) is 2.23. The molecular weight excluding hydrogens is 214 g/mol.